The van der Waals surface area contributed by atoms with Crippen LogP contribution in [0.2, 0.25) is 0 Å². The number of rotatable bonds is 2. The summed E-state index contributed by atoms with van der Waals surface area (Å²) in [6.07, 6.45) is 1.52. The van der Waals surface area contributed by atoms with Crippen molar-refractivity contribution in [3.8, 4) is 0 Å². The largest absolute Gasteiger partial charge is 0.469 e. The van der Waals surface area contributed by atoms with Crippen molar-refractivity contribution in [3.05, 3.63) is 40.7 Å². The fourth-order valence-corrected chi connectivity index (χ4v) is 3.33. The molecule has 6 nitrogen and oxygen atoms in total. The van der Waals surface area contributed by atoms with E-state index in [9.17, 15) is 9.59 Å². The Morgan fingerprint density at radius 1 is 1.09 bits per heavy atom. The van der Waals surface area contributed by atoms with Gasteiger partial charge < -0.3 is 14.2 Å². The molecule has 0 saturated carbocycles. The summed E-state index contributed by atoms with van der Waals surface area (Å²) in [6.45, 7) is 5.89. The number of urea groups is 1. The number of amides is 3. The minimum Gasteiger partial charge on any atom is -0.469 e. The van der Waals surface area contributed by atoms with Gasteiger partial charge in [-0.15, -0.1) is 11.3 Å². The second kappa shape index (κ2) is 6.45. The van der Waals surface area contributed by atoms with Gasteiger partial charge in [-0.1, -0.05) is 0 Å². The molecule has 3 heterocycles. The molecule has 122 valence electrons. The van der Waals surface area contributed by atoms with Gasteiger partial charge in [-0.2, -0.15) is 0 Å². The molecule has 1 aliphatic rings. The molecule has 7 heteroatoms. The van der Waals surface area contributed by atoms with Crippen molar-refractivity contribution in [3.63, 3.8) is 0 Å². The number of carbonyl (C=O) groups is 2. The van der Waals surface area contributed by atoms with Crippen molar-refractivity contribution in [2.75, 3.05) is 31.5 Å². The van der Waals surface area contributed by atoms with E-state index in [2.05, 4.69) is 5.32 Å². The third-order valence-electron chi connectivity index (χ3n) is 3.91. The molecule has 0 atom stereocenters. The van der Waals surface area contributed by atoms with Crippen LogP contribution >= 0.6 is 11.3 Å². The summed E-state index contributed by atoms with van der Waals surface area (Å²) in [6, 6.07) is 5.46. The van der Waals surface area contributed by atoms with E-state index >= 15 is 0 Å². The average molecular weight is 333 g/mol. The van der Waals surface area contributed by atoms with Crippen LogP contribution < -0.4 is 5.32 Å². The number of anilines is 1. The molecule has 0 aromatic carbocycles. The minimum absolute atomic E-state index is 0.0369. The SMILES string of the molecule is Cc1ccc(NC(=O)N2CCN(C(=O)c3ccoc3C)CC2)s1. The van der Waals surface area contributed by atoms with Crippen molar-refractivity contribution in [1.82, 2.24) is 9.80 Å². The van der Waals surface area contributed by atoms with Gasteiger partial charge in [0.2, 0.25) is 0 Å². The van der Waals surface area contributed by atoms with Crippen LogP contribution in [0.25, 0.3) is 0 Å². The van der Waals surface area contributed by atoms with Gasteiger partial charge in [-0.05, 0) is 32.0 Å². The average Bonchev–Trinajstić information content (AvgIpc) is 3.15. The van der Waals surface area contributed by atoms with Gasteiger partial charge in [0.05, 0.1) is 16.8 Å². The first-order valence-electron chi connectivity index (χ1n) is 7.50. The lowest BCUT2D eigenvalue weighted by Gasteiger charge is -2.34. The lowest BCUT2D eigenvalue weighted by Crippen LogP contribution is -2.51. The van der Waals surface area contributed by atoms with Crippen LogP contribution in [0, 0.1) is 13.8 Å². The Kier molecular flexibility index (Phi) is 4.38. The Balaban J connectivity index is 1.55. The Morgan fingerprint density at radius 2 is 1.78 bits per heavy atom. The molecule has 0 aliphatic carbocycles. The highest BCUT2D eigenvalue weighted by Gasteiger charge is 2.26. The fourth-order valence-electron chi connectivity index (χ4n) is 2.58. The molecule has 3 amide bonds. The maximum atomic E-state index is 12.4. The van der Waals surface area contributed by atoms with Crippen molar-refractivity contribution in [2.45, 2.75) is 13.8 Å². The summed E-state index contributed by atoms with van der Waals surface area (Å²) in [7, 11) is 0. The van der Waals surface area contributed by atoms with Crippen molar-refractivity contribution >= 4 is 28.3 Å². The second-order valence-corrected chi connectivity index (χ2v) is 6.80. The van der Waals surface area contributed by atoms with Crippen LogP contribution in [0.1, 0.15) is 21.0 Å². The monoisotopic (exact) mass is 333 g/mol. The third kappa shape index (κ3) is 3.39. The summed E-state index contributed by atoms with van der Waals surface area (Å²) in [5.41, 5.74) is 0.594. The molecule has 0 bridgehead atoms. The summed E-state index contributed by atoms with van der Waals surface area (Å²) in [5.74, 6) is 0.591. The summed E-state index contributed by atoms with van der Waals surface area (Å²) < 4.78 is 5.18. The Hall–Kier alpha value is -2.28. The molecule has 1 fully saturated rings. The Morgan fingerprint density at radius 3 is 2.35 bits per heavy atom. The molecule has 2 aromatic heterocycles. The van der Waals surface area contributed by atoms with Gasteiger partial charge in [0.15, 0.2) is 0 Å². The quantitative estimate of drug-likeness (QED) is 0.919. The molecule has 2 aromatic rings. The van der Waals surface area contributed by atoms with E-state index in [1.54, 1.807) is 34.1 Å². The second-order valence-electron chi connectivity index (χ2n) is 5.51. The third-order valence-corrected chi connectivity index (χ3v) is 4.83. The van der Waals surface area contributed by atoms with Gasteiger partial charge in [0, 0.05) is 31.1 Å². The zero-order valence-electron chi connectivity index (χ0n) is 13.2. The molecule has 3 rings (SSSR count). The van der Waals surface area contributed by atoms with Gasteiger partial charge >= 0.3 is 6.03 Å². The molecule has 0 unspecified atom stereocenters. The highest BCUT2D eigenvalue weighted by Crippen LogP contribution is 2.21. The molecule has 1 aliphatic heterocycles. The predicted octanol–water partition coefficient (Wildman–Crippen LogP) is 2.95. The van der Waals surface area contributed by atoms with Gasteiger partial charge in [0.25, 0.3) is 5.91 Å². The molecule has 23 heavy (non-hydrogen) atoms. The Labute approximate surface area is 138 Å². The van der Waals surface area contributed by atoms with E-state index in [0.29, 0.717) is 37.5 Å². The molecule has 1 N–H and O–H groups in total. The normalized spacial score (nSPS) is 14.9. The number of thiophene rings is 1. The maximum absolute atomic E-state index is 12.4. The van der Waals surface area contributed by atoms with Crippen LogP contribution in [-0.4, -0.2) is 47.9 Å². The first-order chi connectivity index (χ1) is 11.0. The van der Waals surface area contributed by atoms with E-state index in [-0.39, 0.29) is 11.9 Å². The van der Waals surface area contributed by atoms with Crippen molar-refractivity contribution in [2.24, 2.45) is 0 Å². The number of piperazine rings is 1. The topological polar surface area (TPSA) is 65.8 Å². The number of aryl methyl sites for hydroxylation is 2. The van der Waals surface area contributed by atoms with E-state index in [1.165, 1.54) is 6.26 Å². The number of hydrogen-bond acceptors (Lipinski definition) is 4. The number of hydrogen-bond donors (Lipinski definition) is 1. The summed E-state index contributed by atoms with van der Waals surface area (Å²) >= 11 is 1.55. The fraction of sp³-hybridized carbons (Fsp3) is 0.375. The highest BCUT2D eigenvalue weighted by atomic mass is 32.1. The zero-order chi connectivity index (χ0) is 16.4. The summed E-state index contributed by atoms with van der Waals surface area (Å²) in [4.78, 5) is 29.3. The van der Waals surface area contributed by atoms with Crippen molar-refractivity contribution < 1.29 is 14.0 Å². The standard InChI is InChI=1S/C16H19N3O3S/c1-11-3-4-14(23-11)17-16(21)19-8-6-18(7-9-19)15(20)13-5-10-22-12(13)2/h3-5,10H,6-9H2,1-2H3,(H,17,21). The van der Waals surface area contributed by atoms with E-state index in [0.717, 1.165) is 9.88 Å². The first kappa shape index (κ1) is 15.6. The number of nitrogens with zero attached hydrogens (tertiary/aromatic N) is 2. The van der Waals surface area contributed by atoms with Crippen LogP contribution in [0.15, 0.2) is 28.9 Å². The van der Waals surface area contributed by atoms with Gasteiger partial charge in [-0.25, -0.2) is 4.79 Å². The number of furan rings is 1. The smallest absolute Gasteiger partial charge is 0.322 e. The van der Waals surface area contributed by atoms with E-state index in [4.69, 9.17) is 4.42 Å². The van der Waals surface area contributed by atoms with Crippen LogP contribution in [0.3, 0.4) is 0 Å². The molecular formula is C16H19N3O3S. The van der Waals surface area contributed by atoms with Crippen LogP contribution in [0.4, 0.5) is 9.80 Å². The van der Waals surface area contributed by atoms with Gasteiger partial charge in [0.1, 0.15) is 5.76 Å². The van der Waals surface area contributed by atoms with E-state index < -0.39 is 0 Å². The highest BCUT2D eigenvalue weighted by molar-refractivity contribution is 7.16. The molecule has 0 radical (unpaired) electrons. The van der Waals surface area contributed by atoms with Crippen LogP contribution in [0.5, 0.6) is 0 Å². The number of nitrogens with one attached hydrogen (secondary N) is 1. The molecule has 1 saturated heterocycles. The predicted molar refractivity (Wildman–Crippen MR) is 89.0 cm³/mol. The van der Waals surface area contributed by atoms with Crippen LogP contribution in [-0.2, 0) is 0 Å². The molecular weight excluding hydrogens is 314 g/mol. The lowest BCUT2D eigenvalue weighted by atomic mass is 10.2. The zero-order valence-corrected chi connectivity index (χ0v) is 14.0. The molecule has 0 spiro atoms. The van der Waals surface area contributed by atoms with E-state index in [1.807, 2.05) is 19.1 Å². The Bertz CT molecular complexity index is 714. The summed E-state index contributed by atoms with van der Waals surface area (Å²) in [5, 5.41) is 3.75. The van der Waals surface area contributed by atoms with Crippen molar-refractivity contribution in [1.29, 1.82) is 0 Å². The number of carbonyl (C=O) groups excluding carboxylic acids is 2. The minimum atomic E-state index is -0.113. The maximum Gasteiger partial charge on any atom is 0.322 e. The van der Waals surface area contributed by atoms with Gasteiger partial charge in [-0.3, -0.25) is 10.1 Å². The first-order valence-corrected chi connectivity index (χ1v) is 8.32. The lowest BCUT2D eigenvalue weighted by molar-refractivity contribution is 0.0670.